The molecule has 0 amide bonds. The number of anilines is 1. The Kier molecular flexibility index (Phi) is 3.31. The standard InChI is InChI=1S/C15H11FN2O2S/c16-12-7-10(17)6-5-9(12)8-18-14(19)11-3-1-2-4-13(11)21-15(18)20/h1-7H,8,17H2. The third-order valence-electron chi connectivity index (χ3n) is 3.19. The molecule has 21 heavy (non-hydrogen) atoms. The van der Waals surface area contributed by atoms with Crippen molar-refractivity contribution in [2.75, 3.05) is 5.73 Å². The van der Waals surface area contributed by atoms with Gasteiger partial charge < -0.3 is 5.73 Å². The summed E-state index contributed by atoms with van der Waals surface area (Å²) in [6, 6.07) is 11.1. The van der Waals surface area contributed by atoms with Gasteiger partial charge in [0.1, 0.15) is 5.82 Å². The van der Waals surface area contributed by atoms with Crippen molar-refractivity contribution < 1.29 is 4.39 Å². The van der Waals surface area contributed by atoms with Crippen molar-refractivity contribution in [3.8, 4) is 0 Å². The van der Waals surface area contributed by atoms with Crippen LogP contribution in [-0.4, -0.2) is 4.57 Å². The van der Waals surface area contributed by atoms with Crippen LogP contribution in [0.3, 0.4) is 0 Å². The van der Waals surface area contributed by atoms with Crippen LogP contribution in [0.5, 0.6) is 0 Å². The second kappa shape index (κ2) is 5.14. The Morgan fingerprint density at radius 1 is 1.14 bits per heavy atom. The van der Waals surface area contributed by atoms with Crippen LogP contribution < -0.4 is 16.2 Å². The lowest BCUT2D eigenvalue weighted by molar-refractivity contribution is 0.596. The van der Waals surface area contributed by atoms with Gasteiger partial charge in [-0.1, -0.05) is 29.5 Å². The van der Waals surface area contributed by atoms with E-state index < -0.39 is 16.2 Å². The zero-order chi connectivity index (χ0) is 15.0. The highest BCUT2D eigenvalue weighted by molar-refractivity contribution is 7.16. The third-order valence-corrected chi connectivity index (χ3v) is 4.16. The predicted octanol–water partition coefficient (Wildman–Crippen LogP) is 2.19. The van der Waals surface area contributed by atoms with E-state index in [9.17, 15) is 14.0 Å². The largest absolute Gasteiger partial charge is 0.399 e. The van der Waals surface area contributed by atoms with E-state index in [1.807, 2.05) is 0 Å². The first kappa shape index (κ1) is 13.5. The first-order chi connectivity index (χ1) is 10.1. The van der Waals surface area contributed by atoms with Crippen LogP contribution in [0.4, 0.5) is 10.1 Å². The molecule has 0 bridgehead atoms. The van der Waals surface area contributed by atoms with Crippen LogP contribution >= 0.6 is 11.3 Å². The number of hydrogen-bond acceptors (Lipinski definition) is 4. The lowest BCUT2D eigenvalue weighted by atomic mass is 10.2. The first-order valence-electron chi connectivity index (χ1n) is 6.23. The number of nitrogens with two attached hydrogens (primary N) is 1. The number of nitrogens with zero attached hydrogens (tertiary/aromatic N) is 1. The molecule has 0 radical (unpaired) electrons. The lowest BCUT2D eigenvalue weighted by Crippen LogP contribution is -2.31. The second-order valence-electron chi connectivity index (χ2n) is 4.61. The van der Waals surface area contributed by atoms with E-state index in [0.29, 0.717) is 15.8 Å². The molecule has 0 aliphatic rings. The molecule has 1 aromatic heterocycles. The molecule has 0 aliphatic heterocycles. The van der Waals surface area contributed by atoms with Gasteiger partial charge in [-0.2, -0.15) is 0 Å². The number of benzene rings is 2. The first-order valence-corrected chi connectivity index (χ1v) is 7.04. The van der Waals surface area contributed by atoms with E-state index in [1.165, 1.54) is 12.1 Å². The molecule has 4 nitrogen and oxygen atoms in total. The Balaban J connectivity index is 2.17. The van der Waals surface area contributed by atoms with Crippen LogP contribution in [0.2, 0.25) is 0 Å². The second-order valence-corrected chi connectivity index (χ2v) is 5.60. The summed E-state index contributed by atoms with van der Waals surface area (Å²) in [6.45, 7) is -0.106. The molecule has 1 heterocycles. The van der Waals surface area contributed by atoms with E-state index in [-0.39, 0.29) is 12.1 Å². The van der Waals surface area contributed by atoms with Crippen LogP contribution in [0.1, 0.15) is 5.56 Å². The topological polar surface area (TPSA) is 65.1 Å². The Morgan fingerprint density at radius 3 is 2.67 bits per heavy atom. The maximum Gasteiger partial charge on any atom is 0.310 e. The Bertz CT molecular complexity index is 946. The highest BCUT2D eigenvalue weighted by Crippen LogP contribution is 2.14. The van der Waals surface area contributed by atoms with Gasteiger partial charge in [0.15, 0.2) is 0 Å². The summed E-state index contributed by atoms with van der Waals surface area (Å²) in [7, 11) is 0. The molecular weight excluding hydrogens is 291 g/mol. The minimum atomic E-state index is -0.528. The van der Waals surface area contributed by atoms with Gasteiger partial charge in [-0.05, 0) is 24.3 Å². The van der Waals surface area contributed by atoms with Crippen LogP contribution in [0.15, 0.2) is 52.1 Å². The van der Waals surface area contributed by atoms with Gasteiger partial charge >= 0.3 is 4.87 Å². The summed E-state index contributed by atoms with van der Waals surface area (Å²) in [6.07, 6.45) is 0. The van der Waals surface area contributed by atoms with E-state index in [0.717, 1.165) is 15.9 Å². The molecule has 3 aromatic rings. The number of nitrogen functional groups attached to an aromatic ring is 1. The molecule has 2 aromatic carbocycles. The number of hydrogen-bond donors (Lipinski definition) is 1. The molecule has 106 valence electrons. The fourth-order valence-corrected chi connectivity index (χ4v) is 2.97. The molecule has 0 saturated carbocycles. The Hall–Kier alpha value is -2.47. The van der Waals surface area contributed by atoms with Gasteiger partial charge in [0.2, 0.25) is 0 Å². The molecule has 2 N–H and O–H groups in total. The van der Waals surface area contributed by atoms with Crippen molar-refractivity contribution in [3.05, 3.63) is 73.9 Å². The normalized spacial score (nSPS) is 10.9. The highest BCUT2D eigenvalue weighted by Gasteiger charge is 2.10. The fourth-order valence-electron chi connectivity index (χ4n) is 2.11. The summed E-state index contributed by atoms with van der Waals surface area (Å²) >= 11 is 0.971. The number of fused-ring (bicyclic) bond motifs is 1. The molecule has 3 rings (SSSR count). The summed E-state index contributed by atoms with van der Waals surface area (Å²) in [5.41, 5.74) is 5.63. The van der Waals surface area contributed by atoms with E-state index in [2.05, 4.69) is 0 Å². The fraction of sp³-hybridized carbons (Fsp3) is 0.0667. The summed E-state index contributed by atoms with van der Waals surface area (Å²) in [5.74, 6) is -0.528. The molecule has 0 saturated heterocycles. The molecule has 0 spiro atoms. The molecule has 0 unspecified atom stereocenters. The van der Waals surface area contributed by atoms with E-state index in [4.69, 9.17) is 5.73 Å². The SMILES string of the molecule is Nc1ccc(Cn2c(=O)sc3ccccc3c2=O)c(F)c1. The number of aromatic nitrogens is 1. The van der Waals surface area contributed by atoms with Gasteiger partial charge in [0.25, 0.3) is 5.56 Å². The minimum Gasteiger partial charge on any atom is -0.399 e. The van der Waals surface area contributed by atoms with Crippen molar-refractivity contribution in [1.82, 2.24) is 4.57 Å². The van der Waals surface area contributed by atoms with E-state index >= 15 is 0 Å². The Morgan fingerprint density at radius 2 is 1.90 bits per heavy atom. The van der Waals surface area contributed by atoms with Crippen molar-refractivity contribution in [3.63, 3.8) is 0 Å². The minimum absolute atomic E-state index is 0.106. The quantitative estimate of drug-likeness (QED) is 0.738. The number of rotatable bonds is 2. The average Bonchev–Trinajstić information content (AvgIpc) is 2.45. The monoisotopic (exact) mass is 302 g/mol. The average molecular weight is 302 g/mol. The van der Waals surface area contributed by atoms with Gasteiger partial charge in [0, 0.05) is 16.0 Å². The third kappa shape index (κ3) is 2.45. The number of halogens is 1. The molecular formula is C15H11FN2O2S. The maximum atomic E-state index is 13.8. The zero-order valence-corrected chi connectivity index (χ0v) is 11.7. The van der Waals surface area contributed by atoms with Crippen LogP contribution in [0.25, 0.3) is 10.1 Å². The summed E-state index contributed by atoms with van der Waals surface area (Å²) in [4.78, 5) is 24.0. The predicted molar refractivity (Wildman–Crippen MR) is 82.3 cm³/mol. The highest BCUT2D eigenvalue weighted by atomic mass is 32.1. The smallest absolute Gasteiger partial charge is 0.310 e. The van der Waals surface area contributed by atoms with Crippen LogP contribution in [0, 0.1) is 5.82 Å². The zero-order valence-electron chi connectivity index (χ0n) is 10.9. The van der Waals surface area contributed by atoms with Crippen molar-refractivity contribution in [1.29, 1.82) is 0 Å². The molecule has 6 heteroatoms. The Labute approximate surface area is 122 Å². The van der Waals surface area contributed by atoms with Crippen molar-refractivity contribution >= 4 is 27.1 Å². The lowest BCUT2D eigenvalue weighted by Gasteiger charge is -2.07. The molecule has 0 atom stereocenters. The van der Waals surface area contributed by atoms with Crippen molar-refractivity contribution in [2.45, 2.75) is 6.54 Å². The summed E-state index contributed by atoms with van der Waals surface area (Å²) in [5, 5.41) is 0.456. The van der Waals surface area contributed by atoms with Crippen LogP contribution in [-0.2, 0) is 6.54 Å². The van der Waals surface area contributed by atoms with Gasteiger partial charge in [-0.3, -0.25) is 14.2 Å². The van der Waals surface area contributed by atoms with E-state index in [1.54, 1.807) is 30.3 Å². The van der Waals surface area contributed by atoms with Gasteiger partial charge in [0.05, 0.1) is 11.9 Å². The van der Waals surface area contributed by atoms with Gasteiger partial charge in [-0.25, -0.2) is 4.39 Å². The van der Waals surface area contributed by atoms with Crippen molar-refractivity contribution in [2.24, 2.45) is 0 Å². The molecule has 0 fully saturated rings. The van der Waals surface area contributed by atoms with Gasteiger partial charge in [-0.15, -0.1) is 0 Å². The maximum absolute atomic E-state index is 13.8. The molecule has 0 aliphatic carbocycles. The summed E-state index contributed by atoms with van der Waals surface area (Å²) < 4.78 is 15.5.